The Labute approximate surface area is 126 Å². The molecule has 1 aromatic rings. The molecule has 1 amide bonds. The molecule has 0 aliphatic heterocycles. The summed E-state index contributed by atoms with van der Waals surface area (Å²) in [5, 5.41) is 3.10. The molecule has 4 aliphatic carbocycles. The fraction of sp³-hybridized carbons (Fsp3) is 0.611. The monoisotopic (exact) mass is 284 g/mol. The van der Waals surface area contributed by atoms with Gasteiger partial charge >= 0.3 is 0 Å². The summed E-state index contributed by atoms with van der Waals surface area (Å²) in [5.74, 6) is 3.47. The predicted octanol–water partition coefficient (Wildman–Crippen LogP) is 3.59. The molecule has 0 heterocycles. The third-order valence-electron chi connectivity index (χ3n) is 5.99. The van der Waals surface area contributed by atoms with Crippen LogP contribution in [0.15, 0.2) is 18.2 Å². The second-order valence-electron chi connectivity index (χ2n) is 7.54. The van der Waals surface area contributed by atoms with E-state index in [0.29, 0.717) is 17.5 Å². The van der Waals surface area contributed by atoms with E-state index in [1.54, 1.807) is 0 Å². The molecule has 3 nitrogen and oxygen atoms in total. The Balaban J connectivity index is 1.52. The lowest BCUT2D eigenvalue weighted by molar-refractivity contribution is -0.132. The minimum absolute atomic E-state index is 0.208. The topological polar surface area (TPSA) is 55.1 Å². The van der Waals surface area contributed by atoms with E-state index in [9.17, 15) is 4.79 Å². The van der Waals surface area contributed by atoms with Crippen LogP contribution in [0.25, 0.3) is 0 Å². The van der Waals surface area contributed by atoms with Gasteiger partial charge in [0, 0.05) is 5.92 Å². The van der Waals surface area contributed by atoms with Crippen molar-refractivity contribution in [2.75, 3.05) is 11.1 Å². The van der Waals surface area contributed by atoms with E-state index in [0.717, 1.165) is 23.1 Å². The van der Waals surface area contributed by atoms with Gasteiger partial charge in [-0.05, 0) is 80.4 Å². The lowest BCUT2D eigenvalue weighted by Gasteiger charge is -2.53. The average molecular weight is 284 g/mol. The van der Waals surface area contributed by atoms with E-state index >= 15 is 0 Å². The van der Waals surface area contributed by atoms with Crippen molar-refractivity contribution in [2.45, 2.75) is 39.0 Å². The second kappa shape index (κ2) is 4.75. The van der Waals surface area contributed by atoms with Crippen LogP contribution in [0.2, 0.25) is 0 Å². The van der Waals surface area contributed by atoms with Crippen molar-refractivity contribution in [1.29, 1.82) is 0 Å². The minimum Gasteiger partial charge on any atom is -0.397 e. The molecule has 5 rings (SSSR count). The lowest BCUT2D eigenvalue weighted by Crippen LogP contribution is -2.49. The first-order valence-electron chi connectivity index (χ1n) is 8.27. The molecule has 3 N–H and O–H groups in total. The largest absolute Gasteiger partial charge is 0.397 e. The first-order chi connectivity index (χ1) is 10.1. The highest BCUT2D eigenvalue weighted by Crippen LogP contribution is 2.56. The molecule has 4 saturated carbocycles. The van der Waals surface area contributed by atoms with Crippen LogP contribution < -0.4 is 11.1 Å². The molecular weight excluding hydrogens is 260 g/mol. The Morgan fingerprint density at radius 3 is 2.29 bits per heavy atom. The summed E-state index contributed by atoms with van der Waals surface area (Å²) in [4.78, 5) is 12.8. The number of carbonyl (C=O) groups excluding carboxylic acids is 1. The summed E-state index contributed by atoms with van der Waals surface area (Å²) in [6.45, 7) is 2.01. The molecule has 0 aromatic heterocycles. The highest BCUT2D eigenvalue weighted by atomic mass is 16.1. The minimum atomic E-state index is 0.208. The summed E-state index contributed by atoms with van der Waals surface area (Å²) in [5.41, 5.74) is 8.61. The van der Waals surface area contributed by atoms with E-state index in [1.807, 2.05) is 25.1 Å². The molecule has 4 aliphatic rings. The molecule has 4 fully saturated rings. The van der Waals surface area contributed by atoms with Gasteiger partial charge in [-0.2, -0.15) is 0 Å². The molecule has 0 atom stereocenters. The number of nitrogens with two attached hydrogens (primary N) is 1. The number of amides is 1. The zero-order chi connectivity index (χ0) is 14.6. The highest BCUT2D eigenvalue weighted by molar-refractivity contribution is 5.95. The van der Waals surface area contributed by atoms with E-state index in [1.165, 1.54) is 32.1 Å². The number of hydrogen-bond acceptors (Lipinski definition) is 2. The number of hydrogen-bond donors (Lipinski definition) is 2. The summed E-state index contributed by atoms with van der Waals surface area (Å²) in [6, 6.07) is 5.86. The van der Waals surface area contributed by atoms with Gasteiger partial charge in [0.1, 0.15) is 0 Å². The van der Waals surface area contributed by atoms with Crippen LogP contribution in [0.1, 0.15) is 37.7 Å². The summed E-state index contributed by atoms with van der Waals surface area (Å²) in [7, 11) is 0. The van der Waals surface area contributed by atoms with Gasteiger partial charge in [0.25, 0.3) is 0 Å². The molecule has 112 valence electrons. The van der Waals surface area contributed by atoms with Crippen molar-refractivity contribution in [3.05, 3.63) is 23.8 Å². The van der Waals surface area contributed by atoms with E-state index in [-0.39, 0.29) is 11.8 Å². The number of nitrogens with one attached hydrogen (secondary N) is 1. The first-order valence-corrected chi connectivity index (χ1v) is 8.27. The number of carbonyl (C=O) groups is 1. The normalized spacial score (nSPS) is 36.7. The number of benzene rings is 1. The SMILES string of the molecule is Cc1ccc(NC(=O)C2C3CC4CC(C3)CC2C4)c(N)c1. The Bertz CT molecular complexity index is 553. The smallest absolute Gasteiger partial charge is 0.228 e. The maximum Gasteiger partial charge on any atom is 0.228 e. The van der Waals surface area contributed by atoms with Gasteiger partial charge in [-0.15, -0.1) is 0 Å². The van der Waals surface area contributed by atoms with Gasteiger partial charge in [-0.25, -0.2) is 0 Å². The predicted molar refractivity (Wildman–Crippen MR) is 84.8 cm³/mol. The Morgan fingerprint density at radius 1 is 1.10 bits per heavy atom. The summed E-state index contributed by atoms with van der Waals surface area (Å²) >= 11 is 0. The molecule has 3 heteroatoms. The number of nitrogen functional groups attached to an aromatic ring is 1. The molecule has 0 radical (unpaired) electrons. The van der Waals surface area contributed by atoms with Gasteiger partial charge in [0.2, 0.25) is 5.91 Å². The van der Waals surface area contributed by atoms with Crippen LogP contribution in [0.4, 0.5) is 11.4 Å². The Morgan fingerprint density at radius 2 is 1.71 bits per heavy atom. The van der Waals surface area contributed by atoms with Crippen molar-refractivity contribution >= 4 is 17.3 Å². The van der Waals surface area contributed by atoms with Crippen molar-refractivity contribution in [3.63, 3.8) is 0 Å². The fourth-order valence-corrected chi connectivity index (χ4v) is 5.37. The van der Waals surface area contributed by atoms with Gasteiger partial charge in [-0.1, -0.05) is 6.07 Å². The van der Waals surface area contributed by atoms with Gasteiger partial charge < -0.3 is 11.1 Å². The Kier molecular flexibility index (Phi) is 2.98. The molecule has 4 bridgehead atoms. The third kappa shape index (κ3) is 2.23. The summed E-state index contributed by atoms with van der Waals surface area (Å²) < 4.78 is 0. The lowest BCUT2D eigenvalue weighted by atomic mass is 9.51. The molecule has 0 unspecified atom stereocenters. The van der Waals surface area contributed by atoms with Crippen LogP contribution in [0, 0.1) is 36.5 Å². The maximum absolute atomic E-state index is 12.8. The number of aryl methyl sites for hydroxylation is 1. The first kappa shape index (κ1) is 13.2. The second-order valence-corrected chi connectivity index (χ2v) is 7.54. The van der Waals surface area contributed by atoms with Crippen LogP contribution in [-0.4, -0.2) is 5.91 Å². The number of anilines is 2. The molecule has 0 saturated heterocycles. The van der Waals surface area contributed by atoms with E-state index in [4.69, 9.17) is 5.73 Å². The van der Waals surface area contributed by atoms with Crippen LogP contribution in [-0.2, 0) is 4.79 Å². The van der Waals surface area contributed by atoms with Crippen molar-refractivity contribution in [1.82, 2.24) is 0 Å². The molecule has 21 heavy (non-hydrogen) atoms. The zero-order valence-electron chi connectivity index (χ0n) is 12.6. The van der Waals surface area contributed by atoms with Gasteiger partial charge in [-0.3, -0.25) is 4.79 Å². The Hall–Kier alpha value is -1.51. The zero-order valence-corrected chi connectivity index (χ0v) is 12.6. The molecule has 0 spiro atoms. The number of rotatable bonds is 2. The van der Waals surface area contributed by atoms with Crippen molar-refractivity contribution in [2.24, 2.45) is 29.6 Å². The van der Waals surface area contributed by atoms with Gasteiger partial charge in [0.05, 0.1) is 11.4 Å². The van der Waals surface area contributed by atoms with E-state index < -0.39 is 0 Å². The third-order valence-corrected chi connectivity index (χ3v) is 5.99. The van der Waals surface area contributed by atoms with Crippen LogP contribution >= 0.6 is 0 Å². The van der Waals surface area contributed by atoms with Crippen LogP contribution in [0.3, 0.4) is 0 Å². The molecular formula is C18H24N2O. The average Bonchev–Trinajstić information content (AvgIpc) is 2.40. The van der Waals surface area contributed by atoms with Gasteiger partial charge in [0.15, 0.2) is 0 Å². The van der Waals surface area contributed by atoms with Crippen molar-refractivity contribution < 1.29 is 4.79 Å². The standard InChI is InChI=1S/C18H24N2O/c1-10-2-3-16(15(19)4-10)20-18(21)17-13-6-11-5-12(8-13)9-14(17)7-11/h2-4,11-14,17H,5-9,19H2,1H3,(H,20,21). The quantitative estimate of drug-likeness (QED) is 0.815. The molecule has 1 aromatic carbocycles. The summed E-state index contributed by atoms with van der Waals surface area (Å²) in [6.07, 6.45) is 6.51. The fourth-order valence-electron chi connectivity index (χ4n) is 5.37. The van der Waals surface area contributed by atoms with E-state index in [2.05, 4.69) is 5.32 Å². The van der Waals surface area contributed by atoms with Crippen LogP contribution in [0.5, 0.6) is 0 Å². The maximum atomic E-state index is 12.8. The highest BCUT2D eigenvalue weighted by Gasteiger charge is 2.50. The van der Waals surface area contributed by atoms with Crippen molar-refractivity contribution in [3.8, 4) is 0 Å².